The molecule has 6 heteroatoms. The molecule has 0 radical (unpaired) electrons. The lowest BCUT2D eigenvalue weighted by Gasteiger charge is -2.06. The normalized spacial score (nSPS) is 10.0. The first-order valence-corrected chi connectivity index (χ1v) is 6.92. The van der Waals surface area contributed by atoms with Crippen LogP contribution in [0.1, 0.15) is 17.4 Å². The Kier molecular flexibility index (Phi) is 4.67. The molecule has 0 fully saturated rings. The summed E-state index contributed by atoms with van der Waals surface area (Å²) in [5.74, 6) is 0.396. The second-order valence-electron chi connectivity index (χ2n) is 3.77. The van der Waals surface area contributed by atoms with E-state index in [1.54, 1.807) is 12.1 Å². The van der Waals surface area contributed by atoms with Gasteiger partial charge in [-0.15, -0.1) is 10.2 Å². The van der Waals surface area contributed by atoms with E-state index in [0.717, 1.165) is 15.8 Å². The Morgan fingerprint density at radius 3 is 2.63 bits per heavy atom. The van der Waals surface area contributed by atoms with Crippen LogP contribution in [0.15, 0.2) is 36.4 Å². The molecule has 1 aromatic carbocycles. The van der Waals surface area contributed by atoms with E-state index in [2.05, 4.69) is 43.4 Å². The number of halogens is 1. The van der Waals surface area contributed by atoms with Gasteiger partial charge in [0.2, 0.25) is 0 Å². The highest BCUT2D eigenvalue weighted by Gasteiger charge is 2.09. The van der Waals surface area contributed by atoms with E-state index in [0.29, 0.717) is 11.5 Å². The molecule has 0 unspecified atom stereocenters. The molecule has 98 valence electrons. The molecule has 1 heterocycles. The maximum absolute atomic E-state index is 12.0. The fourth-order valence-electron chi connectivity index (χ4n) is 1.48. The monoisotopic (exact) mass is 368 g/mol. The van der Waals surface area contributed by atoms with Crippen LogP contribution < -0.4 is 10.6 Å². The van der Waals surface area contributed by atoms with Crippen LogP contribution in [0.25, 0.3) is 0 Å². The highest BCUT2D eigenvalue weighted by Crippen LogP contribution is 2.17. The molecule has 19 heavy (non-hydrogen) atoms. The fraction of sp³-hybridized carbons (Fsp3) is 0.154. The van der Waals surface area contributed by atoms with Gasteiger partial charge in [-0.1, -0.05) is 12.1 Å². The van der Waals surface area contributed by atoms with Gasteiger partial charge in [-0.05, 0) is 53.8 Å². The number of rotatable bonds is 4. The first kappa shape index (κ1) is 13.7. The van der Waals surface area contributed by atoms with E-state index in [1.165, 1.54) is 0 Å². The Balaban J connectivity index is 2.10. The molecular formula is C13H13IN4O. The van der Waals surface area contributed by atoms with E-state index in [-0.39, 0.29) is 5.91 Å². The number of para-hydroxylation sites is 1. The number of benzene rings is 1. The summed E-state index contributed by atoms with van der Waals surface area (Å²) < 4.78 is 0.977. The van der Waals surface area contributed by atoms with E-state index >= 15 is 0 Å². The van der Waals surface area contributed by atoms with E-state index < -0.39 is 0 Å². The largest absolute Gasteiger partial charge is 0.369 e. The number of aromatic nitrogens is 2. The maximum atomic E-state index is 12.0. The van der Waals surface area contributed by atoms with Crippen LogP contribution in [0.2, 0.25) is 0 Å². The Bertz CT molecular complexity index is 571. The quantitative estimate of drug-likeness (QED) is 0.815. The summed E-state index contributed by atoms with van der Waals surface area (Å²) in [6.07, 6.45) is 0. The van der Waals surface area contributed by atoms with Crippen LogP contribution in [0.3, 0.4) is 0 Å². The smallest absolute Gasteiger partial charge is 0.276 e. The molecule has 0 aliphatic carbocycles. The molecule has 2 rings (SSSR count). The lowest BCUT2D eigenvalue weighted by atomic mass is 10.3. The van der Waals surface area contributed by atoms with Crippen molar-refractivity contribution in [3.63, 3.8) is 0 Å². The minimum atomic E-state index is -0.264. The Morgan fingerprint density at radius 1 is 1.21 bits per heavy atom. The van der Waals surface area contributed by atoms with Gasteiger partial charge in [0.05, 0.1) is 5.69 Å². The zero-order chi connectivity index (χ0) is 13.7. The Hall–Kier alpha value is -1.70. The van der Waals surface area contributed by atoms with Crippen molar-refractivity contribution in [1.29, 1.82) is 0 Å². The molecule has 0 spiro atoms. The van der Waals surface area contributed by atoms with Gasteiger partial charge in [-0.2, -0.15) is 0 Å². The molecule has 0 aliphatic rings. The summed E-state index contributed by atoms with van der Waals surface area (Å²) in [7, 11) is 0. The third-order valence-corrected chi connectivity index (χ3v) is 3.32. The standard InChI is InChI=1S/C13H13IN4O/c1-2-15-12-8-7-11(17-18-12)13(19)16-10-6-4-3-5-9(10)14/h3-8H,2H2,1H3,(H,15,18)(H,16,19). The van der Waals surface area contributed by atoms with Crippen molar-refractivity contribution in [3.8, 4) is 0 Å². The first-order chi connectivity index (χ1) is 9.20. The van der Waals surface area contributed by atoms with Crippen LogP contribution in [-0.2, 0) is 0 Å². The van der Waals surface area contributed by atoms with Crippen molar-refractivity contribution < 1.29 is 4.79 Å². The van der Waals surface area contributed by atoms with Crippen molar-refractivity contribution in [2.24, 2.45) is 0 Å². The molecule has 2 N–H and O–H groups in total. The zero-order valence-electron chi connectivity index (χ0n) is 10.4. The highest BCUT2D eigenvalue weighted by atomic mass is 127. The molecular weight excluding hydrogens is 355 g/mol. The minimum absolute atomic E-state index is 0.264. The second-order valence-corrected chi connectivity index (χ2v) is 4.93. The number of nitrogens with one attached hydrogen (secondary N) is 2. The first-order valence-electron chi connectivity index (χ1n) is 5.84. The Labute approximate surface area is 125 Å². The topological polar surface area (TPSA) is 66.9 Å². The second kappa shape index (κ2) is 6.46. The van der Waals surface area contributed by atoms with E-state index in [1.807, 2.05) is 31.2 Å². The summed E-state index contributed by atoms with van der Waals surface area (Å²) in [4.78, 5) is 12.0. The lowest BCUT2D eigenvalue weighted by molar-refractivity contribution is 0.102. The minimum Gasteiger partial charge on any atom is -0.369 e. The number of nitrogens with zero attached hydrogens (tertiary/aromatic N) is 2. The van der Waals surface area contributed by atoms with Gasteiger partial charge >= 0.3 is 0 Å². The average molecular weight is 368 g/mol. The third-order valence-electron chi connectivity index (χ3n) is 2.38. The predicted octanol–water partition coefficient (Wildman–Crippen LogP) is 2.77. The van der Waals surface area contributed by atoms with Gasteiger partial charge in [0.15, 0.2) is 5.69 Å². The molecule has 0 atom stereocenters. The van der Waals surface area contributed by atoms with Gasteiger partial charge in [0.25, 0.3) is 5.91 Å². The number of carbonyl (C=O) groups excluding carboxylic acids is 1. The van der Waals surface area contributed by atoms with Crippen molar-refractivity contribution in [3.05, 3.63) is 45.7 Å². The van der Waals surface area contributed by atoms with Gasteiger partial charge < -0.3 is 10.6 Å². The number of anilines is 2. The van der Waals surface area contributed by atoms with Gasteiger partial charge in [0.1, 0.15) is 5.82 Å². The van der Waals surface area contributed by atoms with Crippen molar-refractivity contribution in [2.45, 2.75) is 6.92 Å². The van der Waals surface area contributed by atoms with Crippen molar-refractivity contribution >= 4 is 40.0 Å². The number of hydrogen-bond acceptors (Lipinski definition) is 4. The van der Waals surface area contributed by atoms with Crippen LogP contribution in [0.5, 0.6) is 0 Å². The third kappa shape index (κ3) is 3.63. The maximum Gasteiger partial charge on any atom is 0.276 e. The van der Waals surface area contributed by atoms with Crippen molar-refractivity contribution in [2.75, 3.05) is 17.2 Å². The molecule has 5 nitrogen and oxygen atoms in total. The summed E-state index contributed by atoms with van der Waals surface area (Å²) in [5, 5.41) is 13.7. The van der Waals surface area contributed by atoms with Gasteiger partial charge in [0, 0.05) is 10.1 Å². The number of amides is 1. The zero-order valence-corrected chi connectivity index (χ0v) is 12.5. The molecule has 0 bridgehead atoms. The molecule has 0 saturated heterocycles. The summed E-state index contributed by atoms with van der Waals surface area (Å²) >= 11 is 2.17. The van der Waals surface area contributed by atoms with Crippen molar-refractivity contribution in [1.82, 2.24) is 10.2 Å². The highest BCUT2D eigenvalue weighted by molar-refractivity contribution is 14.1. The van der Waals surface area contributed by atoms with Crippen LogP contribution in [0, 0.1) is 3.57 Å². The molecule has 0 saturated carbocycles. The van der Waals surface area contributed by atoms with Gasteiger partial charge in [-0.25, -0.2) is 0 Å². The fourth-order valence-corrected chi connectivity index (χ4v) is 2.00. The average Bonchev–Trinajstić information content (AvgIpc) is 2.42. The van der Waals surface area contributed by atoms with Crippen LogP contribution >= 0.6 is 22.6 Å². The van der Waals surface area contributed by atoms with E-state index in [9.17, 15) is 4.79 Å². The summed E-state index contributed by atoms with van der Waals surface area (Å²) in [6.45, 7) is 2.74. The molecule has 2 aromatic rings. The predicted molar refractivity (Wildman–Crippen MR) is 83.3 cm³/mol. The molecule has 0 aliphatic heterocycles. The number of carbonyl (C=O) groups is 1. The number of hydrogen-bond donors (Lipinski definition) is 2. The molecule has 1 aromatic heterocycles. The van der Waals surface area contributed by atoms with Crippen LogP contribution in [-0.4, -0.2) is 22.6 Å². The van der Waals surface area contributed by atoms with Crippen LogP contribution in [0.4, 0.5) is 11.5 Å². The van der Waals surface area contributed by atoms with E-state index in [4.69, 9.17) is 0 Å². The van der Waals surface area contributed by atoms with Gasteiger partial charge in [-0.3, -0.25) is 4.79 Å². The lowest BCUT2D eigenvalue weighted by Crippen LogP contribution is -2.15. The Morgan fingerprint density at radius 2 is 2.00 bits per heavy atom. The summed E-state index contributed by atoms with van der Waals surface area (Å²) in [6, 6.07) is 11.0. The molecule has 1 amide bonds. The summed E-state index contributed by atoms with van der Waals surface area (Å²) in [5.41, 5.74) is 1.06. The SMILES string of the molecule is CCNc1ccc(C(=O)Nc2ccccc2I)nn1.